The van der Waals surface area contributed by atoms with Crippen LogP contribution in [0.25, 0.3) is 0 Å². The molecular weight excluding hydrogens is 300 g/mol. The van der Waals surface area contributed by atoms with Gasteiger partial charge in [-0.3, -0.25) is 4.79 Å². The third-order valence-electron chi connectivity index (χ3n) is 4.38. The first-order valence-corrected chi connectivity index (χ1v) is 8.95. The summed E-state index contributed by atoms with van der Waals surface area (Å²) in [4.78, 5) is 27.1. The Balaban J connectivity index is 1.75. The number of nitrogens with one attached hydrogen (secondary N) is 2. The molecule has 0 aromatic carbocycles. The van der Waals surface area contributed by atoms with E-state index in [1.54, 1.807) is 18.3 Å². The van der Waals surface area contributed by atoms with E-state index in [-0.39, 0.29) is 11.9 Å². The highest BCUT2D eigenvalue weighted by Crippen LogP contribution is 2.39. The molecule has 0 spiro atoms. The molecule has 22 heavy (non-hydrogen) atoms. The Labute approximate surface area is 134 Å². The number of amides is 1. The fraction of sp³-hybridized carbons (Fsp3) is 0.625. The number of rotatable bonds is 5. The van der Waals surface area contributed by atoms with Crippen LogP contribution in [0.2, 0.25) is 0 Å². The average Bonchev–Trinajstić information content (AvgIpc) is 3.15. The van der Waals surface area contributed by atoms with E-state index in [0.29, 0.717) is 23.7 Å². The second-order valence-corrected chi connectivity index (χ2v) is 7.07. The second-order valence-electron chi connectivity index (χ2n) is 5.96. The minimum absolute atomic E-state index is 0.00220. The first-order valence-electron chi connectivity index (χ1n) is 8.14. The van der Waals surface area contributed by atoms with Crippen LogP contribution >= 0.6 is 11.3 Å². The van der Waals surface area contributed by atoms with E-state index in [0.717, 1.165) is 37.9 Å². The van der Waals surface area contributed by atoms with Gasteiger partial charge in [0.05, 0.1) is 25.3 Å². The monoisotopic (exact) mass is 323 g/mol. The zero-order valence-electron chi connectivity index (χ0n) is 13.0. The first kappa shape index (κ1) is 15.5. The number of esters is 1. The third kappa shape index (κ3) is 3.17. The van der Waals surface area contributed by atoms with Gasteiger partial charge in [0.1, 0.15) is 5.00 Å². The van der Waals surface area contributed by atoms with Crippen molar-refractivity contribution in [3.05, 3.63) is 16.0 Å². The van der Waals surface area contributed by atoms with Crippen molar-refractivity contribution in [2.75, 3.05) is 31.6 Å². The van der Waals surface area contributed by atoms with Crippen LogP contribution in [0.3, 0.4) is 0 Å². The Morgan fingerprint density at radius 3 is 2.73 bits per heavy atom. The molecule has 0 unspecified atom stereocenters. The number of quaternary nitrogens is 1. The molecule has 5 nitrogen and oxygen atoms in total. The summed E-state index contributed by atoms with van der Waals surface area (Å²) in [6, 6.07) is 0. The summed E-state index contributed by atoms with van der Waals surface area (Å²) in [7, 11) is 0. The fourth-order valence-corrected chi connectivity index (χ4v) is 4.65. The number of ether oxygens (including phenoxy) is 1. The van der Waals surface area contributed by atoms with Crippen LogP contribution in [0, 0.1) is 0 Å². The van der Waals surface area contributed by atoms with E-state index in [1.165, 1.54) is 22.6 Å². The number of aryl methyl sites for hydroxylation is 1. The van der Waals surface area contributed by atoms with Gasteiger partial charge in [0, 0.05) is 17.7 Å². The van der Waals surface area contributed by atoms with Crippen molar-refractivity contribution < 1.29 is 19.2 Å². The highest BCUT2D eigenvalue weighted by Gasteiger charge is 2.29. The van der Waals surface area contributed by atoms with Crippen molar-refractivity contribution >= 4 is 28.2 Å². The fourth-order valence-electron chi connectivity index (χ4n) is 3.36. The van der Waals surface area contributed by atoms with Gasteiger partial charge in [-0.25, -0.2) is 4.79 Å². The van der Waals surface area contributed by atoms with Crippen molar-refractivity contribution in [3.8, 4) is 0 Å². The Morgan fingerprint density at radius 1 is 1.23 bits per heavy atom. The molecule has 0 atom stereocenters. The van der Waals surface area contributed by atoms with Gasteiger partial charge < -0.3 is 15.0 Å². The van der Waals surface area contributed by atoms with Crippen LogP contribution in [0.1, 0.15) is 47.0 Å². The van der Waals surface area contributed by atoms with Crippen molar-refractivity contribution in [1.82, 2.24) is 0 Å². The molecule has 120 valence electrons. The summed E-state index contributed by atoms with van der Waals surface area (Å²) >= 11 is 1.55. The molecule has 1 fully saturated rings. The van der Waals surface area contributed by atoms with Crippen LogP contribution in [-0.2, 0) is 22.4 Å². The molecule has 2 heterocycles. The predicted molar refractivity (Wildman–Crippen MR) is 85.7 cm³/mol. The van der Waals surface area contributed by atoms with Crippen molar-refractivity contribution in [2.24, 2.45) is 0 Å². The van der Waals surface area contributed by atoms with Crippen molar-refractivity contribution in [3.63, 3.8) is 0 Å². The molecule has 0 bridgehead atoms. The normalized spacial score (nSPS) is 17.5. The van der Waals surface area contributed by atoms with Crippen LogP contribution in [0.15, 0.2) is 0 Å². The van der Waals surface area contributed by atoms with Gasteiger partial charge in [0.15, 0.2) is 6.54 Å². The van der Waals surface area contributed by atoms with E-state index in [9.17, 15) is 9.59 Å². The lowest BCUT2D eigenvalue weighted by Gasteiger charge is -2.12. The molecule has 1 amide bonds. The summed E-state index contributed by atoms with van der Waals surface area (Å²) in [6.07, 6.45) is 5.39. The second kappa shape index (κ2) is 6.79. The number of anilines is 1. The van der Waals surface area contributed by atoms with Gasteiger partial charge in [0.25, 0.3) is 5.91 Å². The minimum atomic E-state index is -0.300. The number of hydrogen-bond donors (Lipinski definition) is 2. The molecule has 0 radical (unpaired) electrons. The molecule has 3 rings (SSSR count). The first-order chi connectivity index (χ1) is 10.7. The average molecular weight is 323 g/mol. The Morgan fingerprint density at radius 2 is 2.00 bits per heavy atom. The lowest BCUT2D eigenvalue weighted by molar-refractivity contribution is -0.878. The Bertz CT molecular complexity index is 576. The maximum absolute atomic E-state index is 12.3. The summed E-state index contributed by atoms with van der Waals surface area (Å²) in [6.45, 7) is 4.79. The molecular formula is C16H23N2O3S+. The smallest absolute Gasteiger partial charge is 0.341 e. The van der Waals surface area contributed by atoms with Gasteiger partial charge >= 0.3 is 5.97 Å². The largest absolute Gasteiger partial charge is 0.462 e. The van der Waals surface area contributed by atoms with Crippen LogP contribution < -0.4 is 10.2 Å². The van der Waals surface area contributed by atoms with Crippen LogP contribution in [-0.4, -0.2) is 38.1 Å². The summed E-state index contributed by atoms with van der Waals surface area (Å²) < 4.78 is 5.18. The van der Waals surface area contributed by atoms with E-state index in [1.807, 2.05) is 0 Å². The maximum Gasteiger partial charge on any atom is 0.341 e. The number of carbonyl (C=O) groups is 2. The van der Waals surface area contributed by atoms with Gasteiger partial charge in [-0.15, -0.1) is 11.3 Å². The summed E-state index contributed by atoms with van der Waals surface area (Å²) in [5.41, 5.74) is 1.69. The Hall–Kier alpha value is -1.40. The maximum atomic E-state index is 12.3. The van der Waals surface area contributed by atoms with Crippen LogP contribution in [0.4, 0.5) is 5.00 Å². The zero-order valence-corrected chi connectivity index (χ0v) is 13.8. The standard InChI is InChI=1S/C16H22N2O3S/c1-2-21-16(20)14-11-6-5-7-12(11)22-15(14)17-13(19)10-18-8-3-4-9-18/h2-10H2,1H3,(H,17,19)/p+1. The molecule has 6 heteroatoms. The highest BCUT2D eigenvalue weighted by atomic mass is 32.1. The molecule has 1 aliphatic carbocycles. The number of likely N-dealkylation sites (tertiary alicyclic amines) is 1. The molecule has 1 aliphatic heterocycles. The Kier molecular flexibility index (Phi) is 4.78. The van der Waals surface area contributed by atoms with Gasteiger partial charge in [-0.2, -0.15) is 0 Å². The van der Waals surface area contributed by atoms with E-state index >= 15 is 0 Å². The number of carbonyl (C=O) groups excluding carboxylic acids is 2. The van der Waals surface area contributed by atoms with Gasteiger partial charge in [-0.05, 0) is 31.7 Å². The van der Waals surface area contributed by atoms with E-state index in [4.69, 9.17) is 4.74 Å². The quantitative estimate of drug-likeness (QED) is 0.796. The summed E-state index contributed by atoms with van der Waals surface area (Å²) in [5, 5.41) is 3.65. The molecule has 2 aliphatic rings. The number of hydrogen-bond acceptors (Lipinski definition) is 4. The number of thiophene rings is 1. The van der Waals surface area contributed by atoms with Crippen molar-refractivity contribution in [1.29, 1.82) is 0 Å². The third-order valence-corrected chi connectivity index (χ3v) is 5.58. The van der Waals surface area contributed by atoms with Gasteiger partial charge in [0.2, 0.25) is 0 Å². The SMILES string of the molecule is CCOC(=O)c1c(NC(=O)C[NH+]2CCCC2)sc2c1CCC2. The molecule has 1 aromatic heterocycles. The minimum Gasteiger partial charge on any atom is -0.462 e. The van der Waals surface area contributed by atoms with Crippen LogP contribution in [0.5, 0.6) is 0 Å². The lowest BCUT2D eigenvalue weighted by Crippen LogP contribution is -3.11. The van der Waals surface area contributed by atoms with E-state index < -0.39 is 0 Å². The molecule has 1 saturated heterocycles. The molecule has 0 saturated carbocycles. The van der Waals surface area contributed by atoms with E-state index in [2.05, 4.69) is 5.32 Å². The summed E-state index contributed by atoms with van der Waals surface area (Å²) in [5.74, 6) is -0.298. The van der Waals surface area contributed by atoms with Crippen molar-refractivity contribution in [2.45, 2.75) is 39.0 Å². The molecule has 2 N–H and O–H groups in total. The lowest BCUT2D eigenvalue weighted by atomic mass is 10.1. The highest BCUT2D eigenvalue weighted by molar-refractivity contribution is 7.17. The number of fused-ring (bicyclic) bond motifs is 1. The predicted octanol–water partition coefficient (Wildman–Crippen LogP) is 1.03. The van der Waals surface area contributed by atoms with Gasteiger partial charge in [-0.1, -0.05) is 0 Å². The topological polar surface area (TPSA) is 59.8 Å². The molecule has 1 aromatic rings. The zero-order chi connectivity index (χ0) is 15.5.